The molecule has 0 heterocycles. The van der Waals surface area contributed by atoms with Crippen molar-refractivity contribution in [1.29, 1.82) is 0 Å². The number of benzene rings is 1. The average Bonchev–Trinajstić information content (AvgIpc) is 2.44. The lowest BCUT2D eigenvalue weighted by Crippen LogP contribution is -2.43. The van der Waals surface area contributed by atoms with Crippen molar-refractivity contribution in [2.75, 3.05) is 0 Å². The molecule has 0 radical (unpaired) electrons. The average molecular weight is 296 g/mol. The number of halogens is 1. The van der Waals surface area contributed by atoms with Gasteiger partial charge in [0.15, 0.2) is 6.10 Å². The number of carbonyl (C=O) groups excluding carboxylic acids is 1. The molecule has 1 saturated carbocycles. The number of ether oxygens (including phenoxy) is 1. The van der Waals surface area contributed by atoms with E-state index in [2.05, 4.69) is 12.2 Å². The molecule has 2 rings (SSSR count). The maximum Gasteiger partial charge on any atom is 0.260 e. The van der Waals surface area contributed by atoms with E-state index in [1.165, 1.54) is 12.8 Å². The fourth-order valence-electron chi connectivity index (χ4n) is 2.49. The third kappa shape index (κ3) is 4.41. The van der Waals surface area contributed by atoms with Gasteiger partial charge in [0.1, 0.15) is 5.75 Å². The lowest BCUT2D eigenvalue weighted by molar-refractivity contribution is -0.128. The minimum atomic E-state index is -0.490. The third-order valence-electron chi connectivity index (χ3n) is 3.86. The molecule has 0 bridgehead atoms. The molecule has 1 unspecified atom stereocenters. The molecule has 3 nitrogen and oxygen atoms in total. The Bertz CT molecular complexity index is 438. The third-order valence-corrected chi connectivity index (χ3v) is 4.11. The molecule has 1 aliphatic rings. The maximum atomic E-state index is 12.1. The predicted molar refractivity (Wildman–Crippen MR) is 81.1 cm³/mol. The second-order valence-corrected chi connectivity index (χ2v) is 6.12. The molecule has 110 valence electrons. The number of hydrogen-bond acceptors (Lipinski definition) is 2. The van der Waals surface area contributed by atoms with Gasteiger partial charge in [-0.25, -0.2) is 0 Å². The van der Waals surface area contributed by atoms with Crippen molar-refractivity contribution >= 4 is 17.5 Å². The van der Waals surface area contributed by atoms with Crippen molar-refractivity contribution < 1.29 is 9.53 Å². The summed E-state index contributed by atoms with van der Waals surface area (Å²) in [5, 5.41) is 3.74. The van der Waals surface area contributed by atoms with Gasteiger partial charge in [-0.2, -0.15) is 0 Å². The van der Waals surface area contributed by atoms with Gasteiger partial charge in [0.2, 0.25) is 0 Å². The van der Waals surface area contributed by atoms with Crippen LogP contribution in [0.25, 0.3) is 0 Å². The monoisotopic (exact) mass is 295 g/mol. The van der Waals surface area contributed by atoms with Crippen molar-refractivity contribution in [1.82, 2.24) is 5.32 Å². The van der Waals surface area contributed by atoms with E-state index in [1.54, 1.807) is 31.2 Å². The van der Waals surface area contributed by atoms with Crippen molar-refractivity contribution in [2.24, 2.45) is 5.92 Å². The molecule has 1 fully saturated rings. The van der Waals surface area contributed by atoms with Crippen LogP contribution in [0.4, 0.5) is 0 Å². The van der Waals surface area contributed by atoms with Gasteiger partial charge in [-0.15, -0.1) is 0 Å². The van der Waals surface area contributed by atoms with E-state index < -0.39 is 6.10 Å². The molecule has 1 N–H and O–H groups in total. The maximum absolute atomic E-state index is 12.1. The quantitative estimate of drug-likeness (QED) is 0.917. The van der Waals surface area contributed by atoms with Gasteiger partial charge >= 0.3 is 0 Å². The smallest absolute Gasteiger partial charge is 0.260 e. The van der Waals surface area contributed by atoms with Crippen LogP contribution in [0.2, 0.25) is 5.02 Å². The zero-order valence-corrected chi connectivity index (χ0v) is 12.8. The van der Waals surface area contributed by atoms with Crippen LogP contribution in [0.3, 0.4) is 0 Å². The molecular formula is C16H22ClNO2. The number of amides is 1. The second-order valence-electron chi connectivity index (χ2n) is 5.68. The van der Waals surface area contributed by atoms with Gasteiger partial charge < -0.3 is 10.1 Å². The lowest BCUT2D eigenvalue weighted by Gasteiger charge is -2.28. The lowest BCUT2D eigenvalue weighted by atomic mass is 9.87. The Morgan fingerprint density at radius 3 is 2.45 bits per heavy atom. The minimum Gasteiger partial charge on any atom is -0.481 e. The fourth-order valence-corrected chi connectivity index (χ4v) is 2.62. The number of nitrogens with one attached hydrogen (secondary N) is 1. The first kappa shape index (κ1) is 15.2. The molecular weight excluding hydrogens is 274 g/mol. The van der Waals surface area contributed by atoms with E-state index >= 15 is 0 Å². The molecule has 20 heavy (non-hydrogen) atoms. The zero-order valence-electron chi connectivity index (χ0n) is 12.1. The molecule has 1 aromatic carbocycles. The van der Waals surface area contributed by atoms with Crippen LogP contribution in [-0.2, 0) is 4.79 Å². The first-order valence-corrected chi connectivity index (χ1v) is 7.65. The van der Waals surface area contributed by atoms with Crippen LogP contribution in [0, 0.1) is 5.92 Å². The Labute approximate surface area is 125 Å². The molecule has 0 aromatic heterocycles. The summed E-state index contributed by atoms with van der Waals surface area (Å²) in [6.07, 6.45) is 4.03. The molecule has 1 aromatic rings. The molecule has 1 atom stereocenters. The molecule has 4 heteroatoms. The highest BCUT2D eigenvalue weighted by molar-refractivity contribution is 6.30. The van der Waals surface area contributed by atoms with Gasteiger partial charge in [-0.05, 0) is 62.8 Å². The Hall–Kier alpha value is -1.22. The van der Waals surface area contributed by atoms with Crippen LogP contribution in [-0.4, -0.2) is 18.1 Å². The molecule has 0 saturated heterocycles. The number of hydrogen-bond donors (Lipinski definition) is 1. The largest absolute Gasteiger partial charge is 0.481 e. The van der Waals surface area contributed by atoms with E-state index in [-0.39, 0.29) is 5.91 Å². The van der Waals surface area contributed by atoms with Crippen LogP contribution in [0.5, 0.6) is 5.75 Å². The minimum absolute atomic E-state index is 0.0421. The Kier molecular flexibility index (Phi) is 5.30. The normalized spacial score (nSPS) is 23.9. The van der Waals surface area contributed by atoms with Gasteiger partial charge in [0, 0.05) is 11.1 Å². The summed E-state index contributed by atoms with van der Waals surface area (Å²) in [5.74, 6) is 1.40. The standard InChI is InChI=1S/C16H22ClNO2/c1-11-3-7-14(8-4-11)18-16(19)12(2)20-15-9-5-13(17)6-10-15/h5-6,9-12,14H,3-4,7-8H2,1-2H3,(H,18,19). The van der Waals surface area contributed by atoms with E-state index in [9.17, 15) is 4.79 Å². The topological polar surface area (TPSA) is 38.3 Å². The van der Waals surface area contributed by atoms with Crippen LogP contribution in [0.15, 0.2) is 24.3 Å². The summed E-state index contributed by atoms with van der Waals surface area (Å²) in [7, 11) is 0. The highest BCUT2D eigenvalue weighted by atomic mass is 35.5. The SMILES string of the molecule is CC1CCC(NC(=O)C(C)Oc2ccc(Cl)cc2)CC1. The fraction of sp³-hybridized carbons (Fsp3) is 0.562. The summed E-state index contributed by atoms with van der Waals surface area (Å²) < 4.78 is 5.62. The highest BCUT2D eigenvalue weighted by Gasteiger charge is 2.22. The summed E-state index contributed by atoms with van der Waals surface area (Å²) in [6, 6.07) is 7.35. The van der Waals surface area contributed by atoms with Crippen LogP contribution < -0.4 is 10.1 Å². The van der Waals surface area contributed by atoms with Gasteiger partial charge in [-0.3, -0.25) is 4.79 Å². The van der Waals surface area contributed by atoms with Gasteiger partial charge in [0.05, 0.1) is 0 Å². The Balaban J connectivity index is 1.81. The first-order valence-electron chi connectivity index (χ1n) is 7.27. The summed E-state index contributed by atoms with van der Waals surface area (Å²) in [5.41, 5.74) is 0. The van der Waals surface area contributed by atoms with Crippen molar-refractivity contribution in [3.8, 4) is 5.75 Å². The highest BCUT2D eigenvalue weighted by Crippen LogP contribution is 2.23. The van der Waals surface area contributed by atoms with E-state index in [4.69, 9.17) is 16.3 Å². The molecule has 1 aliphatic carbocycles. The number of rotatable bonds is 4. The van der Waals surface area contributed by atoms with Crippen molar-refractivity contribution in [3.05, 3.63) is 29.3 Å². The molecule has 0 spiro atoms. The number of carbonyl (C=O) groups is 1. The molecule has 0 aliphatic heterocycles. The van der Waals surface area contributed by atoms with E-state index in [1.807, 2.05) is 0 Å². The summed E-state index contributed by atoms with van der Waals surface area (Å²) in [6.45, 7) is 4.04. The van der Waals surface area contributed by atoms with E-state index in [0.717, 1.165) is 18.8 Å². The predicted octanol–water partition coefficient (Wildman–Crippen LogP) is 3.80. The van der Waals surface area contributed by atoms with Gasteiger partial charge in [0.25, 0.3) is 5.91 Å². The van der Waals surface area contributed by atoms with Gasteiger partial charge in [-0.1, -0.05) is 18.5 Å². The second kappa shape index (κ2) is 6.98. The van der Waals surface area contributed by atoms with Crippen molar-refractivity contribution in [3.63, 3.8) is 0 Å². The zero-order chi connectivity index (χ0) is 14.5. The summed E-state index contributed by atoms with van der Waals surface area (Å²) >= 11 is 5.82. The first-order chi connectivity index (χ1) is 9.54. The Morgan fingerprint density at radius 2 is 1.85 bits per heavy atom. The molecule has 1 amide bonds. The summed E-state index contributed by atoms with van der Waals surface area (Å²) in [4.78, 5) is 12.1. The van der Waals surface area contributed by atoms with E-state index in [0.29, 0.717) is 16.8 Å². The van der Waals surface area contributed by atoms with Crippen LogP contribution >= 0.6 is 11.6 Å². The Morgan fingerprint density at radius 1 is 1.25 bits per heavy atom. The van der Waals surface area contributed by atoms with Crippen molar-refractivity contribution in [2.45, 2.75) is 51.7 Å². The van der Waals surface area contributed by atoms with Crippen LogP contribution in [0.1, 0.15) is 39.5 Å².